The summed E-state index contributed by atoms with van der Waals surface area (Å²) in [7, 11) is 0. The molecule has 0 saturated carbocycles. The second-order valence-corrected chi connectivity index (χ2v) is 16.7. The van der Waals surface area contributed by atoms with E-state index in [1.54, 1.807) is 0 Å². The first-order valence-corrected chi connectivity index (χ1v) is 21.8. The van der Waals surface area contributed by atoms with Crippen molar-refractivity contribution in [1.82, 2.24) is 0 Å². The Morgan fingerprint density at radius 1 is 0.222 bits per heavy atom. The molecule has 1 nitrogen and oxygen atoms in total. The molecule has 292 valence electrons. The van der Waals surface area contributed by atoms with Gasteiger partial charge in [-0.05, 0) is 122 Å². The Morgan fingerprint density at radius 3 is 1.24 bits per heavy atom. The molecule has 0 N–H and O–H groups in total. The summed E-state index contributed by atoms with van der Waals surface area (Å²) in [4.78, 5) is 0. The van der Waals surface area contributed by atoms with Gasteiger partial charge in [-0.3, -0.25) is 0 Å². The van der Waals surface area contributed by atoms with Crippen molar-refractivity contribution in [3.8, 4) is 55.8 Å². The van der Waals surface area contributed by atoms with Crippen molar-refractivity contribution >= 4 is 75.6 Å². The molecule has 0 spiro atoms. The zero-order valence-corrected chi connectivity index (χ0v) is 34.3. The van der Waals surface area contributed by atoms with Gasteiger partial charge in [0, 0.05) is 16.5 Å². The third-order valence-corrected chi connectivity index (χ3v) is 13.2. The van der Waals surface area contributed by atoms with Crippen LogP contribution in [0.25, 0.3) is 131 Å². The van der Waals surface area contributed by atoms with E-state index in [1.165, 1.54) is 86.9 Å². The number of fused-ring (bicyclic) bond motifs is 11. The van der Waals surface area contributed by atoms with Crippen molar-refractivity contribution in [2.45, 2.75) is 0 Å². The van der Waals surface area contributed by atoms with Gasteiger partial charge in [0.2, 0.25) is 0 Å². The van der Waals surface area contributed by atoms with Gasteiger partial charge in [0.15, 0.2) is 0 Å². The lowest BCUT2D eigenvalue weighted by Crippen LogP contribution is -1.93. The quantitative estimate of drug-likeness (QED) is 0.125. The second kappa shape index (κ2) is 14.2. The van der Waals surface area contributed by atoms with Gasteiger partial charge in [-0.1, -0.05) is 212 Å². The Bertz CT molecular complexity index is 3880. The summed E-state index contributed by atoms with van der Waals surface area (Å²) in [6.45, 7) is 0. The van der Waals surface area contributed by atoms with Crippen molar-refractivity contribution in [2.24, 2.45) is 0 Å². The summed E-state index contributed by atoms with van der Waals surface area (Å²) >= 11 is 0. The Hall–Kier alpha value is -8.26. The number of hydrogen-bond acceptors (Lipinski definition) is 1. The molecule has 0 aliphatic rings. The van der Waals surface area contributed by atoms with E-state index in [0.29, 0.717) is 0 Å². The van der Waals surface area contributed by atoms with Crippen molar-refractivity contribution < 1.29 is 4.42 Å². The molecule has 13 rings (SSSR count). The molecular formula is C62H38O. The van der Waals surface area contributed by atoms with Crippen LogP contribution in [0.4, 0.5) is 0 Å². The smallest absolute Gasteiger partial charge is 0.143 e. The van der Waals surface area contributed by atoms with Gasteiger partial charge in [0.1, 0.15) is 11.3 Å². The summed E-state index contributed by atoms with van der Waals surface area (Å²) in [5, 5.41) is 16.4. The minimum Gasteiger partial charge on any atom is -0.455 e. The van der Waals surface area contributed by atoms with E-state index < -0.39 is 0 Å². The van der Waals surface area contributed by atoms with E-state index in [2.05, 4.69) is 224 Å². The van der Waals surface area contributed by atoms with E-state index in [-0.39, 0.29) is 0 Å². The van der Waals surface area contributed by atoms with Crippen LogP contribution < -0.4 is 0 Å². The average Bonchev–Trinajstić information content (AvgIpc) is 3.75. The molecule has 0 unspecified atom stereocenters. The van der Waals surface area contributed by atoms with E-state index in [4.69, 9.17) is 4.42 Å². The van der Waals surface area contributed by atoms with E-state index in [0.717, 1.165) is 44.5 Å². The second-order valence-electron chi connectivity index (χ2n) is 16.7. The SMILES string of the molecule is c1ccc(-c2oc3cc(-c4ccc(-c5c6ccccc6c(-c6cc7c8ccccc8c8ccccc8c7c7ccccc67)c6ccccc56)cc4)ccc3c2-c2ccccc2)cc1. The Kier molecular flexibility index (Phi) is 7.98. The Labute approximate surface area is 364 Å². The Balaban J connectivity index is 0.994. The molecule has 0 fully saturated rings. The first-order valence-electron chi connectivity index (χ1n) is 21.8. The van der Waals surface area contributed by atoms with Gasteiger partial charge in [-0.2, -0.15) is 0 Å². The molecule has 0 aliphatic heterocycles. The van der Waals surface area contributed by atoms with Gasteiger partial charge in [-0.25, -0.2) is 0 Å². The minimum absolute atomic E-state index is 0.879. The fraction of sp³-hybridized carbons (Fsp3) is 0. The van der Waals surface area contributed by atoms with Crippen LogP contribution in [0.3, 0.4) is 0 Å². The predicted octanol–water partition coefficient (Wildman–Crippen LogP) is 17.7. The van der Waals surface area contributed by atoms with Crippen LogP contribution in [0, 0.1) is 0 Å². The summed E-state index contributed by atoms with van der Waals surface area (Å²) in [5.41, 5.74) is 11.5. The molecule has 12 aromatic carbocycles. The van der Waals surface area contributed by atoms with Gasteiger partial charge in [-0.15, -0.1) is 0 Å². The molecule has 0 amide bonds. The van der Waals surface area contributed by atoms with Crippen LogP contribution in [0.1, 0.15) is 0 Å². The zero-order valence-electron chi connectivity index (χ0n) is 34.3. The lowest BCUT2D eigenvalue weighted by atomic mass is 9.82. The van der Waals surface area contributed by atoms with Crippen molar-refractivity contribution in [2.75, 3.05) is 0 Å². The summed E-state index contributed by atoms with van der Waals surface area (Å²) in [6.07, 6.45) is 0. The molecule has 1 heterocycles. The third-order valence-electron chi connectivity index (χ3n) is 13.2. The summed E-state index contributed by atoms with van der Waals surface area (Å²) in [5.74, 6) is 0.894. The monoisotopic (exact) mass is 798 g/mol. The summed E-state index contributed by atoms with van der Waals surface area (Å²) in [6, 6.07) is 84.0. The van der Waals surface area contributed by atoms with Gasteiger partial charge in [0.05, 0.1) is 0 Å². The van der Waals surface area contributed by atoms with Crippen molar-refractivity contribution in [3.63, 3.8) is 0 Å². The topological polar surface area (TPSA) is 13.1 Å². The van der Waals surface area contributed by atoms with Gasteiger partial charge >= 0.3 is 0 Å². The molecule has 0 atom stereocenters. The average molecular weight is 799 g/mol. The van der Waals surface area contributed by atoms with Crippen LogP contribution in [0.2, 0.25) is 0 Å². The first-order chi connectivity index (χ1) is 31.3. The number of benzene rings is 12. The number of rotatable bonds is 5. The van der Waals surface area contributed by atoms with E-state index in [1.807, 2.05) is 6.07 Å². The molecule has 13 aromatic rings. The highest BCUT2D eigenvalue weighted by Crippen LogP contribution is 2.49. The number of furan rings is 1. The van der Waals surface area contributed by atoms with Crippen molar-refractivity contribution in [1.29, 1.82) is 0 Å². The van der Waals surface area contributed by atoms with Crippen LogP contribution >= 0.6 is 0 Å². The standard InChI is InChI=1S/C62H38O/c1-3-17-40(18-4-1)59-54-36-35-43(37-57(54)63-62(59)42-19-5-2-6-20-42)39-31-33-41(34-32-39)58-50-27-13-15-29-52(50)61(53-30-16-14-28-51(53)58)56-38-55-46-23-8-7-21-44(46)45-22-9-11-25-48(45)60(55)49-26-12-10-24-47(49)56/h1-38H. The zero-order chi connectivity index (χ0) is 41.4. The highest BCUT2D eigenvalue weighted by atomic mass is 16.3. The van der Waals surface area contributed by atoms with E-state index in [9.17, 15) is 0 Å². The van der Waals surface area contributed by atoms with Gasteiger partial charge in [0.25, 0.3) is 0 Å². The lowest BCUT2D eigenvalue weighted by molar-refractivity contribution is 0.632. The maximum atomic E-state index is 6.73. The van der Waals surface area contributed by atoms with Gasteiger partial charge < -0.3 is 4.42 Å². The maximum Gasteiger partial charge on any atom is 0.143 e. The maximum absolute atomic E-state index is 6.73. The highest BCUT2D eigenvalue weighted by Gasteiger charge is 2.22. The molecule has 63 heavy (non-hydrogen) atoms. The van der Waals surface area contributed by atoms with Crippen LogP contribution in [0.15, 0.2) is 235 Å². The lowest BCUT2D eigenvalue weighted by Gasteiger charge is -2.21. The molecular weight excluding hydrogens is 761 g/mol. The minimum atomic E-state index is 0.879. The number of hydrogen-bond donors (Lipinski definition) is 0. The fourth-order valence-electron chi connectivity index (χ4n) is 10.5. The van der Waals surface area contributed by atoms with Crippen molar-refractivity contribution in [3.05, 3.63) is 231 Å². The molecule has 0 saturated heterocycles. The van der Waals surface area contributed by atoms with Crippen LogP contribution in [0.5, 0.6) is 0 Å². The molecule has 0 aliphatic carbocycles. The highest BCUT2D eigenvalue weighted by molar-refractivity contribution is 6.34. The summed E-state index contributed by atoms with van der Waals surface area (Å²) < 4.78 is 6.73. The first kappa shape index (κ1) is 35.5. The normalized spacial score (nSPS) is 11.8. The van der Waals surface area contributed by atoms with E-state index >= 15 is 0 Å². The third kappa shape index (κ3) is 5.50. The Morgan fingerprint density at radius 2 is 0.635 bits per heavy atom. The molecule has 1 heteroatoms. The van der Waals surface area contributed by atoms with Crippen LogP contribution in [-0.2, 0) is 0 Å². The molecule has 0 radical (unpaired) electrons. The fourth-order valence-corrected chi connectivity index (χ4v) is 10.5. The predicted molar refractivity (Wildman–Crippen MR) is 268 cm³/mol. The largest absolute Gasteiger partial charge is 0.455 e. The van der Waals surface area contributed by atoms with Crippen LogP contribution in [-0.4, -0.2) is 0 Å². The molecule has 0 bridgehead atoms. The molecule has 1 aromatic heterocycles.